The van der Waals surface area contributed by atoms with Gasteiger partial charge in [0, 0.05) is 20.1 Å². The number of carbonyl (C=O) groups is 1. The molecule has 0 saturated carbocycles. The maximum atomic E-state index is 12.2. The Kier molecular flexibility index (Phi) is 6.47. The third-order valence-electron chi connectivity index (χ3n) is 4.35. The molecule has 2 N–H and O–H groups in total. The molecule has 23 heavy (non-hydrogen) atoms. The van der Waals surface area contributed by atoms with Crippen LogP contribution in [-0.2, 0) is 0 Å². The van der Waals surface area contributed by atoms with E-state index in [4.69, 9.17) is 4.42 Å². The number of aryl methyl sites for hydroxylation is 1. The highest BCUT2D eigenvalue weighted by molar-refractivity contribution is 5.73. The average Bonchev–Trinajstić information content (AvgIpc) is 3.17. The van der Waals surface area contributed by atoms with Crippen LogP contribution < -0.4 is 5.32 Å². The summed E-state index contributed by atoms with van der Waals surface area (Å²) >= 11 is 0. The van der Waals surface area contributed by atoms with Gasteiger partial charge in [0.25, 0.3) is 0 Å². The van der Waals surface area contributed by atoms with Crippen LogP contribution in [0.1, 0.15) is 43.7 Å². The molecule has 6 heteroatoms. The zero-order chi connectivity index (χ0) is 16.8. The van der Waals surface area contributed by atoms with E-state index in [0.717, 1.165) is 24.6 Å². The van der Waals surface area contributed by atoms with Gasteiger partial charge < -0.3 is 19.7 Å². The second-order valence-electron chi connectivity index (χ2n) is 6.45. The van der Waals surface area contributed by atoms with Gasteiger partial charge in [0.15, 0.2) is 0 Å². The van der Waals surface area contributed by atoms with Crippen molar-refractivity contribution >= 4 is 6.03 Å². The minimum Gasteiger partial charge on any atom is -0.465 e. The molecule has 2 atom stereocenters. The van der Waals surface area contributed by atoms with Crippen molar-refractivity contribution in [1.82, 2.24) is 15.1 Å². The Hall–Kier alpha value is -1.53. The van der Waals surface area contributed by atoms with Crippen LogP contribution in [-0.4, -0.2) is 60.3 Å². The summed E-state index contributed by atoms with van der Waals surface area (Å²) in [7, 11) is 1.75. The number of likely N-dealkylation sites (tertiary alicyclic amines) is 1. The number of aliphatic hydroxyl groups excluding tert-OH is 1. The molecular weight excluding hydrogens is 294 g/mol. The number of hydrogen-bond donors (Lipinski definition) is 2. The Morgan fingerprint density at radius 1 is 1.43 bits per heavy atom. The van der Waals surface area contributed by atoms with Gasteiger partial charge in [-0.05, 0) is 58.3 Å². The smallest absolute Gasteiger partial charge is 0.317 e. The van der Waals surface area contributed by atoms with Crippen molar-refractivity contribution in [3.63, 3.8) is 0 Å². The molecule has 2 unspecified atom stereocenters. The van der Waals surface area contributed by atoms with Crippen LogP contribution in [0.25, 0.3) is 0 Å². The number of nitrogens with zero attached hydrogens (tertiary/aromatic N) is 2. The molecule has 1 saturated heterocycles. The summed E-state index contributed by atoms with van der Waals surface area (Å²) in [5.41, 5.74) is 0. The Morgan fingerprint density at radius 2 is 2.13 bits per heavy atom. The Bertz CT molecular complexity index is 495. The number of hydrogen-bond acceptors (Lipinski definition) is 4. The summed E-state index contributed by atoms with van der Waals surface area (Å²) in [6.45, 7) is 6.82. The zero-order valence-electron chi connectivity index (χ0n) is 14.4. The monoisotopic (exact) mass is 323 g/mol. The summed E-state index contributed by atoms with van der Waals surface area (Å²) in [4.78, 5) is 16.2. The molecule has 0 aromatic carbocycles. The third kappa shape index (κ3) is 5.25. The largest absolute Gasteiger partial charge is 0.465 e. The van der Waals surface area contributed by atoms with Crippen molar-refractivity contribution in [3.05, 3.63) is 23.7 Å². The first-order valence-corrected chi connectivity index (χ1v) is 8.45. The summed E-state index contributed by atoms with van der Waals surface area (Å²) in [5.74, 6) is 1.81. The summed E-state index contributed by atoms with van der Waals surface area (Å²) in [5, 5.41) is 12.3. The third-order valence-corrected chi connectivity index (χ3v) is 4.35. The van der Waals surface area contributed by atoms with E-state index < -0.39 is 6.10 Å². The highest BCUT2D eigenvalue weighted by atomic mass is 16.3. The first-order valence-electron chi connectivity index (χ1n) is 8.45. The number of rotatable bonds is 7. The maximum absolute atomic E-state index is 12.2. The van der Waals surface area contributed by atoms with E-state index in [1.807, 2.05) is 19.1 Å². The highest BCUT2D eigenvalue weighted by Gasteiger charge is 2.26. The highest BCUT2D eigenvalue weighted by Crippen LogP contribution is 2.26. The van der Waals surface area contributed by atoms with Crippen LogP contribution >= 0.6 is 0 Å². The van der Waals surface area contributed by atoms with E-state index >= 15 is 0 Å². The standard InChI is InChI=1S/C17H29N3O3/c1-13(21)8-11-19(3)17(22)18-12-15(20-9-4-5-10-20)16-7-6-14(2)23-16/h6-7,13,15,21H,4-5,8-12H2,1-3H3,(H,18,22). The second kappa shape index (κ2) is 8.36. The van der Waals surface area contributed by atoms with Crippen molar-refractivity contribution < 1.29 is 14.3 Å². The van der Waals surface area contributed by atoms with E-state index in [1.165, 1.54) is 12.8 Å². The topological polar surface area (TPSA) is 69.0 Å². The van der Waals surface area contributed by atoms with Crippen LogP contribution in [0.15, 0.2) is 16.5 Å². The van der Waals surface area contributed by atoms with Gasteiger partial charge in [-0.2, -0.15) is 0 Å². The number of furan rings is 1. The second-order valence-corrected chi connectivity index (χ2v) is 6.45. The van der Waals surface area contributed by atoms with Crippen LogP contribution in [0.2, 0.25) is 0 Å². The lowest BCUT2D eigenvalue weighted by molar-refractivity contribution is 0.160. The molecule has 2 heterocycles. The number of amides is 2. The van der Waals surface area contributed by atoms with Gasteiger partial charge in [-0.1, -0.05) is 0 Å². The zero-order valence-corrected chi connectivity index (χ0v) is 14.4. The fourth-order valence-electron chi connectivity index (χ4n) is 2.90. The maximum Gasteiger partial charge on any atom is 0.317 e. The van der Waals surface area contributed by atoms with Crippen molar-refractivity contribution in [2.45, 2.75) is 45.3 Å². The van der Waals surface area contributed by atoms with E-state index in [2.05, 4.69) is 10.2 Å². The molecule has 1 aliphatic heterocycles. The molecule has 6 nitrogen and oxygen atoms in total. The Balaban J connectivity index is 1.91. The molecule has 2 rings (SSSR count). The summed E-state index contributed by atoms with van der Waals surface area (Å²) < 4.78 is 5.79. The summed E-state index contributed by atoms with van der Waals surface area (Å²) in [6.07, 6.45) is 2.57. The number of urea groups is 1. The summed E-state index contributed by atoms with van der Waals surface area (Å²) in [6, 6.07) is 3.94. The Morgan fingerprint density at radius 3 is 2.70 bits per heavy atom. The van der Waals surface area contributed by atoms with Crippen molar-refractivity contribution in [2.24, 2.45) is 0 Å². The van der Waals surface area contributed by atoms with Crippen LogP contribution in [0.3, 0.4) is 0 Å². The lowest BCUT2D eigenvalue weighted by Crippen LogP contribution is -2.43. The van der Waals surface area contributed by atoms with Gasteiger partial charge in [0.1, 0.15) is 11.5 Å². The van der Waals surface area contributed by atoms with Crippen LogP contribution in [0.4, 0.5) is 4.79 Å². The number of nitrogens with one attached hydrogen (secondary N) is 1. The molecule has 1 fully saturated rings. The molecule has 0 bridgehead atoms. The molecule has 1 aromatic rings. The van der Waals surface area contributed by atoms with Gasteiger partial charge in [-0.25, -0.2) is 4.79 Å². The van der Waals surface area contributed by atoms with Gasteiger partial charge in [-0.15, -0.1) is 0 Å². The number of carbonyl (C=O) groups excluding carboxylic acids is 1. The van der Waals surface area contributed by atoms with Gasteiger partial charge in [0.2, 0.25) is 0 Å². The normalized spacial score (nSPS) is 17.9. The van der Waals surface area contributed by atoms with Crippen molar-refractivity contribution in [2.75, 3.05) is 33.2 Å². The van der Waals surface area contributed by atoms with E-state index in [9.17, 15) is 9.90 Å². The molecule has 1 aliphatic rings. The van der Waals surface area contributed by atoms with Crippen LogP contribution in [0, 0.1) is 6.92 Å². The Labute approximate surface area is 138 Å². The fraction of sp³-hybridized carbons (Fsp3) is 0.706. The SMILES string of the molecule is Cc1ccc(C(CNC(=O)N(C)CCC(C)O)N2CCCC2)o1. The van der Waals surface area contributed by atoms with E-state index in [-0.39, 0.29) is 12.1 Å². The molecule has 0 aliphatic carbocycles. The molecule has 2 amide bonds. The fourth-order valence-corrected chi connectivity index (χ4v) is 2.90. The predicted molar refractivity (Wildman–Crippen MR) is 89.3 cm³/mol. The molecular formula is C17H29N3O3. The van der Waals surface area contributed by atoms with Gasteiger partial charge in [-0.3, -0.25) is 4.90 Å². The van der Waals surface area contributed by atoms with E-state index in [0.29, 0.717) is 19.5 Å². The van der Waals surface area contributed by atoms with E-state index in [1.54, 1.807) is 18.9 Å². The van der Waals surface area contributed by atoms with Gasteiger partial charge in [0.05, 0.1) is 12.1 Å². The average molecular weight is 323 g/mol. The number of aliphatic hydroxyl groups is 1. The molecule has 0 spiro atoms. The van der Waals surface area contributed by atoms with Crippen molar-refractivity contribution in [1.29, 1.82) is 0 Å². The molecule has 0 radical (unpaired) electrons. The lowest BCUT2D eigenvalue weighted by Gasteiger charge is -2.27. The molecule has 130 valence electrons. The first-order chi connectivity index (χ1) is 11.0. The molecule has 1 aromatic heterocycles. The van der Waals surface area contributed by atoms with Crippen LogP contribution in [0.5, 0.6) is 0 Å². The minimum absolute atomic E-state index is 0.0836. The lowest BCUT2D eigenvalue weighted by atomic mass is 10.2. The minimum atomic E-state index is -0.395. The quantitative estimate of drug-likeness (QED) is 0.806. The first kappa shape index (κ1) is 17.8. The predicted octanol–water partition coefficient (Wildman–Crippen LogP) is 2.14. The van der Waals surface area contributed by atoms with Crippen molar-refractivity contribution in [3.8, 4) is 0 Å². The van der Waals surface area contributed by atoms with Gasteiger partial charge >= 0.3 is 6.03 Å².